The van der Waals surface area contributed by atoms with Gasteiger partial charge < -0.3 is 29.6 Å². The van der Waals surface area contributed by atoms with Crippen LogP contribution in [-0.4, -0.2) is 52.2 Å². The topological polar surface area (TPSA) is 97.7 Å². The highest BCUT2D eigenvalue weighted by Crippen LogP contribution is 2.41. The van der Waals surface area contributed by atoms with E-state index in [0.717, 1.165) is 28.3 Å². The first-order valence-electron chi connectivity index (χ1n) is 13.6. The van der Waals surface area contributed by atoms with Gasteiger partial charge in [-0.25, -0.2) is 4.79 Å². The first-order chi connectivity index (χ1) is 20.3. The number of esters is 1. The molecule has 3 heterocycles. The van der Waals surface area contributed by atoms with Crippen LogP contribution in [0.2, 0.25) is 0 Å². The van der Waals surface area contributed by atoms with Gasteiger partial charge in [0.15, 0.2) is 5.11 Å². The van der Waals surface area contributed by atoms with Crippen LogP contribution in [0.1, 0.15) is 51.5 Å². The lowest BCUT2D eigenvalue weighted by molar-refractivity contribution is -0.116. The van der Waals surface area contributed by atoms with Gasteiger partial charge in [-0.2, -0.15) is 0 Å². The Morgan fingerprint density at radius 1 is 1.02 bits per heavy atom. The molecule has 1 aliphatic heterocycles. The summed E-state index contributed by atoms with van der Waals surface area (Å²) >= 11 is 5.83. The molecule has 5 rings (SSSR count). The molecule has 0 spiro atoms. The molecule has 1 fully saturated rings. The maximum absolute atomic E-state index is 13.1. The quantitative estimate of drug-likeness (QED) is 0.203. The van der Waals surface area contributed by atoms with Gasteiger partial charge in [-0.3, -0.25) is 9.78 Å². The molecule has 2 N–H and O–H groups in total. The van der Waals surface area contributed by atoms with Gasteiger partial charge in [-0.05, 0) is 74.1 Å². The van der Waals surface area contributed by atoms with Gasteiger partial charge in [0.05, 0.1) is 48.9 Å². The number of anilines is 1. The second-order valence-electron chi connectivity index (χ2n) is 9.99. The Bertz CT molecular complexity index is 1620. The van der Waals surface area contributed by atoms with Crippen LogP contribution in [0, 0.1) is 13.8 Å². The lowest BCUT2D eigenvalue weighted by atomic mass is 9.96. The van der Waals surface area contributed by atoms with Crippen LogP contribution in [0.3, 0.4) is 0 Å². The van der Waals surface area contributed by atoms with E-state index in [4.69, 9.17) is 21.7 Å². The molecule has 2 aromatic heterocycles. The molecule has 9 nitrogen and oxygen atoms in total. The third-order valence-electron chi connectivity index (χ3n) is 7.50. The maximum Gasteiger partial charge on any atom is 0.339 e. The van der Waals surface area contributed by atoms with Crippen molar-refractivity contribution in [2.24, 2.45) is 0 Å². The molecule has 2 aromatic carbocycles. The lowest BCUT2D eigenvalue weighted by Gasteiger charge is -2.28. The number of nitrogens with one attached hydrogen (secondary N) is 2. The van der Waals surface area contributed by atoms with Crippen molar-refractivity contribution in [2.75, 3.05) is 26.1 Å². The SMILES string of the molecule is COC(=O)c1ccccc1-n1c(C)cc([C@@H]2[C@H](c3ccccn3)NC(=S)N2CCC(=O)Nc2ccccc2OC)c1C. The number of nitrogens with zero attached hydrogens (tertiary/aromatic N) is 3. The monoisotopic (exact) mass is 583 g/mol. The average Bonchev–Trinajstić information content (AvgIpc) is 3.50. The number of para-hydroxylation sites is 3. The Labute approximate surface area is 250 Å². The van der Waals surface area contributed by atoms with Gasteiger partial charge in [-0.15, -0.1) is 0 Å². The van der Waals surface area contributed by atoms with E-state index in [9.17, 15) is 9.59 Å². The van der Waals surface area contributed by atoms with Crippen LogP contribution in [0.5, 0.6) is 5.75 Å². The van der Waals surface area contributed by atoms with Crippen LogP contribution in [0.25, 0.3) is 5.69 Å². The number of carbonyl (C=O) groups is 2. The fourth-order valence-corrected chi connectivity index (χ4v) is 5.91. The van der Waals surface area contributed by atoms with Crippen LogP contribution >= 0.6 is 12.2 Å². The van der Waals surface area contributed by atoms with Crippen LogP contribution in [0.4, 0.5) is 5.69 Å². The molecule has 4 aromatic rings. The Kier molecular flexibility index (Phi) is 8.53. The predicted molar refractivity (Wildman–Crippen MR) is 165 cm³/mol. The molecule has 1 saturated heterocycles. The fraction of sp³-hybridized carbons (Fsp3) is 0.250. The van der Waals surface area contributed by atoms with Gasteiger partial charge in [0, 0.05) is 30.6 Å². The van der Waals surface area contributed by atoms with Crippen LogP contribution in [-0.2, 0) is 9.53 Å². The van der Waals surface area contributed by atoms with Crippen molar-refractivity contribution in [3.05, 3.63) is 107 Å². The second-order valence-corrected chi connectivity index (χ2v) is 10.4. The van der Waals surface area contributed by atoms with E-state index in [1.807, 2.05) is 62.4 Å². The fourth-order valence-electron chi connectivity index (χ4n) is 5.58. The molecular weight excluding hydrogens is 550 g/mol. The van der Waals surface area contributed by atoms with E-state index < -0.39 is 5.97 Å². The van der Waals surface area contributed by atoms with E-state index in [-0.39, 0.29) is 24.4 Å². The number of pyridine rings is 1. The number of thiocarbonyl (C=S) groups is 1. The summed E-state index contributed by atoms with van der Waals surface area (Å²) in [5, 5.41) is 6.95. The number of benzene rings is 2. The van der Waals surface area contributed by atoms with Crippen molar-refractivity contribution in [3.63, 3.8) is 0 Å². The summed E-state index contributed by atoms with van der Waals surface area (Å²) in [5.74, 6) is 0.0363. The largest absolute Gasteiger partial charge is 0.495 e. The number of methoxy groups -OCH3 is 2. The summed E-state index contributed by atoms with van der Waals surface area (Å²) in [6.07, 6.45) is 1.96. The van der Waals surface area contributed by atoms with E-state index in [1.165, 1.54) is 7.11 Å². The zero-order valence-corrected chi connectivity index (χ0v) is 24.8. The third-order valence-corrected chi connectivity index (χ3v) is 7.85. The number of rotatable bonds is 9. The molecule has 216 valence electrons. The summed E-state index contributed by atoms with van der Waals surface area (Å²) in [6.45, 7) is 4.41. The van der Waals surface area contributed by atoms with Crippen LogP contribution in [0.15, 0.2) is 79.0 Å². The smallest absolute Gasteiger partial charge is 0.339 e. The molecule has 0 radical (unpaired) electrons. The summed E-state index contributed by atoms with van der Waals surface area (Å²) in [5.41, 5.74) is 5.57. The molecule has 1 aliphatic rings. The number of aromatic nitrogens is 2. The van der Waals surface area contributed by atoms with Crippen molar-refractivity contribution in [1.29, 1.82) is 0 Å². The maximum atomic E-state index is 13.1. The highest BCUT2D eigenvalue weighted by molar-refractivity contribution is 7.80. The van der Waals surface area contributed by atoms with E-state index in [2.05, 4.69) is 31.2 Å². The molecule has 0 aliphatic carbocycles. The number of aryl methyl sites for hydroxylation is 1. The zero-order valence-electron chi connectivity index (χ0n) is 24.0. The minimum atomic E-state index is -0.405. The lowest BCUT2D eigenvalue weighted by Crippen LogP contribution is -2.33. The summed E-state index contributed by atoms with van der Waals surface area (Å²) in [4.78, 5) is 32.4. The molecule has 0 unspecified atom stereocenters. The first-order valence-corrected chi connectivity index (χ1v) is 14.0. The molecule has 42 heavy (non-hydrogen) atoms. The minimum Gasteiger partial charge on any atom is -0.495 e. The van der Waals surface area contributed by atoms with Crippen LogP contribution < -0.4 is 15.4 Å². The van der Waals surface area contributed by atoms with Crippen molar-refractivity contribution >= 4 is 34.9 Å². The van der Waals surface area contributed by atoms with E-state index in [1.54, 1.807) is 31.5 Å². The number of ether oxygens (including phenoxy) is 2. The Morgan fingerprint density at radius 3 is 2.50 bits per heavy atom. The minimum absolute atomic E-state index is 0.153. The number of amides is 1. The molecule has 2 atom stereocenters. The molecule has 0 bridgehead atoms. The van der Waals surface area contributed by atoms with Crippen molar-refractivity contribution in [3.8, 4) is 11.4 Å². The Balaban J connectivity index is 1.50. The molecule has 1 amide bonds. The van der Waals surface area contributed by atoms with E-state index >= 15 is 0 Å². The summed E-state index contributed by atoms with van der Waals surface area (Å²) < 4.78 is 12.5. The molecule has 0 saturated carbocycles. The highest BCUT2D eigenvalue weighted by atomic mass is 32.1. The van der Waals surface area contributed by atoms with Crippen molar-refractivity contribution < 1.29 is 19.1 Å². The summed E-state index contributed by atoms with van der Waals surface area (Å²) in [7, 11) is 2.95. The van der Waals surface area contributed by atoms with Crippen molar-refractivity contribution in [1.82, 2.24) is 19.8 Å². The van der Waals surface area contributed by atoms with Gasteiger partial charge in [0.25, 0.3) is 0 Å². The number of hydrogen-bond acceptors (Lipinski definition) is 6. The predicted octanol–water partition coefficient (Wildman–Crippen LogP) is 5.29. The first kappa shape index (κ1) is 28.8. The zero-order chi connectivity index (χ0) is 29.8. The van der Waals surface area contributed by atoms with E-state index in [0.29, 0.717) is 28.7 Å². The van der Waals surface area contributed by atoms with Gasteiger partial charge in [0.2, 0.25) is 5.91 Å². The normalized spacial score (nSPS) is 16.2. The highest BCUT2D eigenvalue weighted by Gasteiger charge is 2.41. The standard InChI is InChI=1S/C32H33N5O4S/c1-20-19-23(21(2)37(20)26-14-7-5-11-22(26)31(39)41-4)30-29(25-13-9-10-17-33-25)35-32(42)36(30)18-16-28(38)34-24-12-6-8-15-27(24)40-3/h5-15,17,19,29-30H,16,18H2,1-4H3,(H,34,38)(H,35,42)/t29-,30+/m0/s1. The second kappa shape index (κ2) is 12.4. The number of hydrogen-bond donors (Lipinski definition) is 2. The van der Waals surface area contributed by atoms with Crippen molar-refractivity contribution in [2.45, 2.75) is 32.4 Å². The van der Waals surface area contributed by atoms with Gasteiger partial charge >= 0.3 is 5.97 Å². The average molecular weight is 584 g/mol. The molecule has 10 heteroatoms. The Hall–Kier alpha value is -4.70. The number of carbonyl (C=O) groups excluding carboxylic acids is 2. The third kappa shape index (κ3) is 5.58. The van der Waals surface area contributed by atoms with Gasteiger partial charge in [0.1, 0.15) is 5.75 Å². The van der Waals surface area contributed by atoms with Gasteiger partial charge in [-0.1, -0.05) is 30.3 Å². The molecular formula is C32H33N5O4S. The Morgan fingerprint density at radius 2 is 1.76 bits per heavy atom. The summed E-state index contributed by atoms with van der Waals surface area (Å²) in [6, 6.07) is 22.1.